The van der Waals surface area contributed by atoms with Gasteiger partial charge in [0.25, 0.3) is 0 Å². The van der Waals surface area contributed by atoms with Crippen molar-refractivity contribution in [3.8, 4) is 0 Å². The minimum absolute atomic E-state index is 0. The number of carbonyl (C=O) groups is 1. The van der Waals surface area contributed by atoms with Crippen LogP contribution in [0.1, 0.15) is 42.4 Å². The maximum atomic E-state index is 12.8. The van der Waals surface area contributed by atoms with Crippen LogP contribution in [0.4, 0.5) is 13.2 Å². The molecule has 9 heteroatoms. The average Bonchev–Trinajstić information content (AvgIpc) is 2.79. The van der Waals surface area contributed by atoms with Crippen LogP contribution in [0.15, 0.2) is 54.6 Å². The van der Waals surface area contributed by atoms with E-state index < -0.39 is 11.7 Å². The van der Waals surface area contributed by atoms with E-state index >= 15 is 0 Å². The number of halogens is 5. The predicted molar refractivity (Wildman–Crippen MR) is 137 cm³/mol. The second-order valence-electron chi connectivity index (χ2n) is 9.42. The largest absolute Gasteiger partial charge is 0.416 e. The highest BCUT2D eigenvalue weighted by molar-refractivity contribution is 5.85. The first kappa shape index (κ1) is 29.4. The summed E-state index contributed by atoms with van der Waals surface area (Å²) < 4.78 is 38.5. The number of alkyl halides is 3. The molecule has 3 atom stereocenters. The molecule has 2 saturated heterocycles. The summed E-state index contributed by atoms with van der Waals surface area (Å²) >= 11 is 0. The van der Waals surface area contributed by atoms with Gasteiger partial charge in [-0.25, -0.2) is 0 Å². The third kappa shape index (κ3) is 8.67. The first-order valence-corrected chi connectivity index (χ1v) is 11.8. The van der Waals surface area contributed by atoms with Gasteiger partial charge in [0.15, 0.2) is 0 Å². The van der Waals surface area contributed by atoms with Gasteiger partial charge in [0.1, 0.15) is 0 Å². The standard InChI is InChI=1S/C26H32F3N3O.2ClH/c27-26(28,29)23-9-4-8-20(13-23)14-31-25(33)11-5-10-24-22-12-21(15-30-24)17-32(18-22)16-19-6-2-1-3-7-19;;/h1-4,6-9,13,21-22,24,30H,5,10-12,14-18H2,(H,31,33);2*1H/t21-,22+,24+;;/m0../s1. The van der Waals surface area contributed by atoms with E-state index in [0.717, 1.165) is 51.2 Å². The van der Waals surface area contributed by atoms with Gasteiger partial charge in [0.2, 0.25) is 5.91 Å². The van der Waals surface area contributed by atoms with Gasteiger partial charge in [0.05, 0.1) is 5.56 Å². The zero-order valence-electron chi connectivity index (χ0n) is 19.6. The maximum Gasteiger partial charge on any atom is 0.416 e. The van der Waals surface area contributed by atoms with Gasteiger partial charge in [-0.15, -0.1) is 24.8 Å². The number of nitrogens with zero attached hydrogens (tertiary/aromatic N) is 1. The molecule has 2 bridgehead atoms. The summed E-state index contributed by atoms with van der Waals surface area (Å²) in [5.74, 6) is 1.16. The molecule has 2 fully saturated rings. The highest BCUT2D eigenvalue weighted by atomic mass is 35.5. The first-order chi connectivity index (χ1) is 15.9. The van der Waals surface area contributed by atoms with Crippen molar-refractivity contribution in [3.63, 3.8) is 0 Å². The molecule has 2 aromatic rings. The van der Waals surface area contributed by atoms with Gasteiger partial charge < -0.3 is 10.6 Å². The topological polar surface area (TPSA) is 44.4 Å². The van der Waals surface area contributed by atoms with Crippen molar-refractivity contribution in [1.82, 2.24) is 15.5 Å². The van der Waals surface area contributed by atoms with E-state index in [0.29, 0.717) is 29.9 Å². The molecule has 0 spiro atoms. The number of benzene rings is 2. The maximum absolute atomic E-state index is 12.8. The van der Waals surface area contributed by atoms with Gasteiger partial charge in [-0.05, 0) is 60.9 Å². The molecule has 2 aliphatic rings. The van der Waals surface area contributed by atoms with Crippen LogP contribution in [0.5, 0.6) is 0 Å². The predicted octanol–water partition coefficient (Wildman–Crippen LogP) is 5.45. The SMILES string of the molecule is Cl.Cl.O=C(CCC[C@H]1NC[C@@H]2C[C@@H]1CN(Cc1ccccc1)C2)NCc1cccc(C(F)(F)F)c1. The number of amides is 1. The van der Waals surface area contributed by atoms with Crippen LogP contribution in [0.3, 0.4) is 0 Å². The molecule has 4 rings (SSSR count). The highest BCUT2D eigenvalue weighted by Crippen LogP contribution is 2.31. The molecule has 0 aromatic heterocycles. The lowest BCUT2D eigenvalue weighted by atomic mass is 9.79. The molecule has 4 nitrogen and oxygen atoms in total. The number of carbonyl (C=O) groups excluding carboxylic acids is 1. The van der Waals surface area contributed by atoms with Gasteiger partial charge in [0, 0.05) is 38.6 Å². The zero-order valence-corrected chi connectivity index (χ0v) is 21.2. The van der Waals surface area contributed by atoms with Crippen molar-refractivity contribution in [3.05, 3.63) is 71.3 Å². The lowest BCUT2D eigenvalue weighted by molar-refractivity contribution is -0.137. The molecule has 1 amide bonds. The van der Waals surface area contributed by atoms with E-state index in [1.807, 2.05) is 6.07 Å². The fourth-order valence-corrected chi connectivity index (χ4v) is 5.21. The minimum atomic E-state index is -4.37. The van der Waals surface area contributed by atoms with Crippen LogP contribution in [0.25, 0.3) is 0 Å². The van der Waals surface area contributed by atoms with Crippen molar-refractivity contribution in [1.29, 1.82) is 0 Å². The lowest BCUT2D eigenvalue weighted by Gasteiger charge is -2.46. The van der Waals surface area contributed by atoms with Crippen LogP contribution in [0.2, 0.25) is 0 Å². The Labute approximate surface area is 217 Å². The molecule has 35 heavy (non-hydrogen) atoms. The number of piperidine rings is 2. The fraction of sp³-hybridized carbons (Fsp3) is 0.500. The Bertz CT molecular complexity index is 930. The number of rotatable bonds is 8. The highest BCUT2D eigenvalue weighted by Gasteiger charge is 2.36. The molecule has 194 valence electrons. The number of fused-ring (bicyclic) bond motifs is 2. The third-order valence-corrected chi connectivity index (χ3v) is 6.79. The Morgan fingerprint density at radius 3 is 2.51 bits per heavy atom. The van der Waals surface area contributed by atoms with Gasteiger partial charge in [-0.3, -0.25) is 9.69 Å². The molecular formula is C26H34Cl2F3N3O. The van der Waals surface area contributed by atoms with E-state index in [-0.39, 0.29) is 37.3 Å². The first-order valence-electron chi connectivity index (χ1n) is 11.8. The lowest BCUT2D eigenvalue weighted by Crippen LogP contribution is -2.55. The molecule has 0 aliphatic carbocycles. The minimum Gasteiger partial charge on any atom is -0.352 e. The summed E-state index contributed by atoms with van der Waals surface area (Å²) in [5.41, 5.74) is 1.11. The number of nitrogens with one attached hydrogen (secondary N) is 2. The number of hydrogen-bond donors (Lipinski definition) is 2. The monoisotopic (exact) mass is 531 g/mol. The summed E-state index contributed by atoms with van der Waals surface area (Å²) in [4.78, 5) is 14.8. The number of likely N-dealkylation sites (tertiary alicyclic amines) is 1. The third-order valence-electron chi connectivity index (χ3n) is 6.79. The Morgan fingerprint density at radius 2 is 1.77 bits per heavy atom. The molecule has 0 unspecified atom stereocenters. The summed E-state index contributed by atoms with van der Waals surface area (Å²) in [6.07, 6.45) is -1.03. The summed E-state index contributed by atoms with van der Waals surface area (Å²) in [7, 11) is 0. The van der Waals surface area contributed by atoms with Crippen LogP contribution >= 0.6 is 24.8 Å². The Balaban J connectivity index is 0.00000216. The molecule has 0 radical (unpaired) electrons. The average molecular weight is 532 g/mol. The van der Waals surface area contributed by atoms with Crippen LogP contribution in [0, 0.1) is 11.8 Å². The Morgan fingerprint density at radius 1 is 1.03 bits per heavy atom. The molecular weight excluding hydrogens is 498 g/mol. The van der Waals surface area contributed by atoms with Crippen molar-refractivity contribution >= 4 is 30.7 Å². The van der Waals surface area contributed by atoms with E-state index in [1.165, 1.54) is 18.1 Å². The van der Waals surface area contributed by atoms with Crippen LogP contribution < -0.4 is 10.6 Å². The van der Waals surface area contributed by atoms with Crippen molar-refractivity contribution < 1.29 is 18.0 Å². The van der Waals surface area contributed by atoms with E-state index in [9.17, 15) is 18.0 Å². The Kier molecular flexibility index (Phi) is 11.3. The van der Waals surface area contributed by atoms with Crippen LogP contribution in [-0.2, 0) is 24.1 Å². The van der Waals surface area contributed by atoms with Gasteiger partial charge in [-0.1, -0.05) is 42.5 Å². The molecule has 0 saturated carbocycles. The zero-order chi connectivity index (χ0) is 23.3. The summed E-state index contributed by atoms with van der Waals surface area (Å²) in [6.45, 7) is 4.32. The van der Waals surface area contributed by atoms with Gasteiger partial charge in [-0.2, -0.15) is 13.2 Å². The Hall–Kier alpha value is -1.80. The summed E-state index contributed by atoms with van der Waals surface area (Å²) in [6, 6.07) is 16.1. The molecule has 2 N–H and O–H groups in total. The fourth-order valence-electron chi connectivity index (χ4n) is 5.21. The van der Waals surface area contributed by atoms with E-state index in [4.69, 9.17) is 0 Å². The van der Waals surface area contributed by atoms with Crippen molar-refractivity contribution in [2.75, 3.05) is 19.6 Å². The van der Waals surface area contributed by atoms with E-state index in [1.54, 1.807) is 6.07 Å². The van der Waals surface area contributed by atoms with Gasteiger partial charge >= 0.3 is 6.18 Å². The second kappa shape index (κ2) is 13.5. The van der Waals surface area contributed by atoms with Crippen molar-refractivity contribution in [2.24, 2.45) is 11.8 Å². The molecule has 2 heterocycles. The second-order valence-corrected chi connectivity index (χ2v) is 9.42. The van der Waals surface area contributed by atoms with E-state index in [2.05, 4.69) is 39.8 Å². The number of hydrogen-bond acceptors (Lipinski definition) is 3. The summed E-state index contributed by atoms with van der Waals surface area (Å²) in [5, 5.41) is 6.45. The molecule has 2 aliphatic heterocycles. The normalized spacial score (nSPS) is 22.0. The molecule has 2 aromatic carbocycles. The van der Waals surface area contributed by atoms with Crippen molar-refractivity contribution in [2.45, 2.75) is 51.0 Å². The van der Waals surface area contributed by atoms with Crippen LogP contribution in [-0.4, -0.2) is 36.5 Å². The quantitative estimate of drug-likeness (QED) is 0.476. The smallest absolute Gasteiger partial charge is 0.352 e.